The van der Waals surface area contributed by atoms with Gasteiger partial charge in [0.05, 0.1) is 12.3 Å². The molecule has 0 fully saturated rings. The molecule has 0 unspecified atom stereocenters. The summed E-state index contributed by atoms with van der Waals surface area (Å²) in [5.74, 6) is 0. The average molecular weight is 396 g/mol. The molecule has 0 amide bonds. The van der Waals surface area contributed by atoms with E-state index < -0.39 is 0 Å². The van der Waals surface area contributed by atoms with Crippen LogP contribution < -0.4 is 0 Å². The molecule has 0 radical (unpaired) electrons. The Morgan fingerprint density at radius 3 is 1.68 bits per heavy atom. The van der Waals surface area contributed by atoms with Crippen molar-refractivity contribution in [3.05, 3.63) is 132 Å². The SMILES string of the molecule is c1ccc(C(=NCc2ccc3ccc4cccc5ccc2c3c45)c2ccccc2)cc1. The Kier molecular flexibility index (Phi) is 4.25. The van der Waals surface area contributed by atoms with Crippen LogP contribution in [-0.4, -0.2) is 5.71 Å². The van der Waals surface area contributed by atoms with Crippen LogP contribution in [0.25, 0.3) is 32.3 Å². The Labute approximate surface area is 181 Å². The summed E-state index contributed by atoms with van der Waals surface area (Å²) in [6.45, 7) is 0.646. The summed E-state index contributed by atoms with van der Waals surface area (Å²) in [5.41, 5.74) is 4.58. The fourth-order valence-corrected chi connectivity index (χ4v) is 4.64. The quantitative estimate of drug-likeness (QED) is 0.215. The molecule has 0 spiro atoms. The molecular weight excluding hydrogens is 374 g/mol. The number of nitrogens with zero attached hydrogens (tertiary/aromatic N) is 1. The normalized spacial score (nSPS) is 11.4. The fraction of sp³-hybridized carbons (Fsp3) is 0.0333. The molecule has 0 bridgehead atoms. The Morgan fingerprint density at radius 1 is 0.484 bits per heavy atom. The van der Waals surface area contributed by atoms with Crippen molar-refractivity contribution in [2.45, 2.75) is 6.54 Å². The van der Waals surface area contributed by atoms with Gasteiger partial charge >= 0.3 is 0 Å². The zero-order chi connectivity index (χ0) is 20.6. The lowest BCUT2D eigenvalue weighted by molar-refractivity contribution is 1.08. The van der Waals surface area contributed by atoms with Crippen molar-refractivity contribution in [2.75, 3.05) is 0 Å². The summed E-state index contributed by atoms with van der Waals surface area (Å²) < 4.78 is 0. The molecule has 31 heavy (non-hydrogen) atoms. The van der Waals surface area contributed by atoms with Crippen LogP contribution >= 0.6 is 0 Å². The van der Waals surface area contributed by atoms with E-state index in [1.165, 1.54) is 37.9 Å². The first-order chi connectivity index (χ1) is 15.4. The van der Waals surface area contributed by atoms with Gasteiger partial charge in [-0.25, -0.2) is 0 Å². The Hall–Kier alpha value is -3.97. The molecule has 0 atom stereocenters. The number of rotatable bonds is 4. The molecule has 6 aromatic carbocycles. The third-order valence-electron chi connectivity index (χ3n) is 6.12. The highest BCUT2D eigenvalue weighted by Gasteiger charge is 2.11. The van der Waals surface area contributed by atoms with E-state index in [0.29, 0.717) is 6.54 Å². The van der Waals surface area contributed by atoms with Gasteiger partial charge in [0.1, 0.15) is 0 Å². The van der Waals surface area contributed by atoms with E-state index in [1.54, 1.807) is 0 Å². The van der Waals surface area contributed by atoms with Crippen LogP contribution in [0.4, 0.5) is 0 Å². The second-order valence-electron chi connectivity index (χ2n) is 7.98. The minimum absolute atomic E-state index is 0.646. The zero-order valence-electron chi connectivity index (χ0n) is 17.1. The maximum atomic E-state index is 5.13. The molecule has 0 aliphatic rings. The van der Waals surface area contributed by atoms with Gasteiger partial charge in [0.25, 0.3) is 0 Å². The number of hydrogen-bond acceptors (Lipinski definition) is 1. The van der Waals surface area contributed by atoms with Gasteiger partial charge in [-0.3, -0.25) is 4.99 Å². The maximum absolute atomic E-state index is 5.13. The minimum Gasteiger partial charge on any atom is -0.279 e. The molecule has 6 aromatic rings. The van der Waals surface area contributed by atoms with E-state index >= 15 is 0 Å². The number of aliphatic imine (C=N–C) groups is 1. The second-order valence-corrected chi connectivity index (χ2v) is 7.98. The van der Waals surface area contributed by atoms with Gasteiger partial charge < -0.3 is 0 Å². The highest BCUT2D eigenvalue weighted by atomic mass is 14.7. The van der Waals surface area contributed by atoms with Gasteiger partial charge in [-0.2, -0.15) is 0 Å². The largest absolute Gasteiger partial charge is 0.279 e. The van der Waals surface area contributed by atoms with Crippen LogP contribution in [0.1, 0.15) is 16.7 Å². The van der Waals surface area contributed by atoms with E-state index in [-0.39, 0.29) is 0 Å². The van der Waals surface area contributed by atoms with Crippen molar-refractivity contribution in [1.29, 1.82) is 0 Å². The fourth-order valence-electron chi connectivity index (χ4n) is 4.64. The lowest BCUT2D eigenvalue weighted by Gasteiger charge is -2.14. The molecular formula is C30H21N. The summed E-state index contributed by atoms with van der Waals surface area (Å²) in [7, 11) is 0. The second kappa shape index (κ2) is 7.37. The summed E-state index contributed by atoms with van der Waals surface area (Å²) >= 11 is 0. The van der Waals surface area contributed by atoms with Crippen molar-refractivity contribution >= 4 is 38.0 Å². The van der Waals surface area contributed by atoms with Gasteiger partial charge in [-0.1, -0.05) is 115 Å². The Morgan fingerprint density at radius 2 is 1.03 bits per heavy atom. The lowest BCUT2D eigenvalue weighted by Crippen LogP contribution is -2.04. The standard InChI is InChI=1S/C30H21N/c1-3-8-24(9-4-1)30(25-10-5-2-6-11-25)31-20-26-17-16-23-15-14-21-12-7-13-22-18-19-27(26)29(23)28(21)22/h1-19H,20H2. The Bertz CT molecular complexity index is 1470. The van der Waals surface area contributed by atoms with Gasteiger partial charge in [-0.15, -0.1) is 0 Å². The predicted octanol–water partition coefficient (Wildman–Crippen LogP) is 7.62. The summed E-state index contributed by atoms with van der Waals surface area (Å²) in [6, 6.07) is 40.9. The van der Waals surface area contributed by atoms with E-state index in [1.807, 2.05) is 12.1 Å². The van der Waals surface area contributed by atoms with Crippen molar-refractivity contribution in [3.63, 3.8) is 0 Å². The molecule has 0 saturated heterocycles. The molecule has 0 aliphatic carbocycles. The third kappa shape index (κ3) is 3.06. The van der Waals surface area contributed by atoms with E-state index in [0.717, 1.165) is 16.8 Å². The molecule has 0 heterocycles. The lowest BCUT2D eigenvalue weighted by atomic mass is 9.92. The maximum Gasteiger partial charge on any atom is 0.0723 e. The number of hydrogen-bond donors (Lipinski definition) is 0. The van der Waals surface area contributed by atoms with Gasteiger partial charge in [0.2, 0.25) is 0 Å². The molecule has 1 heteroatoms. The van der Waals surface area contributed by atoms with Crippen LogP contribution in [0, 0.1) is 0 Å². The monoisotopic (exact) mass is 395 g/mol. The van der Waals surface area contributed by atoms with Crippen molar-refractivity contribution < 1.29 is 0 Å². The minimum atomic E-state index is 0.646. The van der Waals surface area contributed by atoms with Crippen molar-refractivity contribution in [2.24, 2.45) is 4.99 Å². The van der Waals surface area contributed by atoms with Crippen molar-refractivity contribution in [1.82, 2.24) is 0 Å². The molecule has 0 aromatic heterocycles. The topological polar surface area (TPSA) is 12.4 Å². The van der Waals surface area contributed by atoms with Gasteiger partial charge in [-0.05, 0) is 37.9 Å². The highest BCUT2D eigenvalue weighted by molar-refractivity contribution is 6.23. The summed E-state index contributed by atoms with van der Waals surface area (Å²) in [4.78, 5) is 5.13. The van der Waals surface area contributed by atoms with Crippen molar-refractivity contribution in [3.8, 4) is 0 Å². The highest BCUT2D eigenvalue weighted by Crippen LogP contribution is 2.36. The molecule has 6 rings (SSSR count). The van der Waals surface area contributed by atoms with Gasteiger partial charge in [0.15, 0.2) is 0 Å². The van der Waals surface area contributed by atoms with Gasteiger partial charge in [0, 0.05) is 11.1 Å². The molecule has 146 valence electrons. The predicted molar refractivity (Wildman–Crippen MR) is 132 cm³/mol. The van der Waals surface area contributed by atoms with Crippen LogP contribution in [-0.2, 0) is 6.54 Å². The van der Waals surface area contributed by atoms with Crippen LogP contribution in [0.3, 0.4) is 0 Å². The first-order valence-electron chi connectivity index (χ1n) is 10.7. The molecule has 0 aliphatic heterocycles. The molecule has 0 saturated carbocycles. The first-order valence-corrected chi connectivity index (χ1v) is 10.7. The zero-order valence-corrected chi connectivity index (χ0v) is 17.1. The van der Waals surface area contributed by atoms with E-state index in [4.69, 9.17) is 4.99 Å². The molecule has 1 nitrogen and oxygen atoms in total. The smallest absolute Gasteiger partial charge is 0.0723 e. The Balaban J connectivity index is 1.52. The summed E-state index contributed by atoms with van der Waals surface area (Å²) in [5, 5.41) is 7.89. The third-order valence-corrected chi connectivity index (χ3v) is 6.12. The summed E-state index contributed by atoms with van der Waals surface area (Å²) in [6.07, 6.45) is 0. The van der Waals surface area contributed by atoms with E-state index in [9.17, 15) is 0 Å². The van der Waals surface area contributed by atoms with Crippen LogP contribution in [0.15, 0.2) is 120 Å². The molecule has 0 N–H and O–H groups in total. The van der Waals surface area contributed by atoms with Crippen LogP contribution in [0.5, 0.6) is 0 Å². The van der Waals surface area contributed by atoms with Crippen LogP contribution in [0.2, 0.25) is 0 Å². The average Bonchev–Trinajstić information content (AvgIpc) is 2.84. The van der Waals surface area contributed by atoms with E-state index in [2.05, 4.69) is 103 Å². The number of benzene rings is 6. The first kappa shape index (κ1) is 17.9.